The summed E-state index contributed by atoms with van der Waals surface area (Å²) in [6.45, 7) is 8.21. The lowest BCUT2D eigenvalue weighted by Gasteiger charge is -2.25. The van der Waals surface area contributed by atoms with Gasteiger partial charge in [-0.25, -0.2) is 4.98 Å². The summed E-state index contributed by atoms with van der Waals surface area (Å²) in [6, 6.07) is 0. The lowest BCUT2D eigenvalue weighted by Crippen LogP contribution is -2.41. The molecule has 2 N–H and O–H groups in total. The second-order valence-electron chi connectivity index (χ2n) is 6.03. The average molecular weight is 331 g/mol. The number of hydrogen-bond acceptors (Lipinski definition) is 5. The SMILES string of the molecule is Cc1nc(CSCCC(=O)NCC(C)(O)CC(C)C)cs1. The zero-order valence-electron chi connectivity index (χ0n) is 13.3. The van der Waals surface area contributed by atoms with Gasteiger partial charge < -0.3 is 10.4 Å². The van der Waals surface area contributed by atoms with E-state index in [-0.39, 0.29) is 5.91 Å². The summed E-state index contributed by atoms with van der Waals surface area (Å²) in [5.74, 6) is 2.03. The molecule has 0 bridgehead atoms. The minimum absolute atomic E-state index is 0.000916. The molecule has 0 spiro atoms. The van der Waals surface area contributed by atoms with Crippen molar-refractivity contribution in [2.45, 2.75) is 51.9 Å². The molecule has 4 nitrogen and oxygen atoms in total. The number of carbonyl (C=O) groups is 1. The van der Waals surface area contributed by atoms with Crippen molar-refractivity contribution in [1.29, 1.82) is 0 Å². The van der Waals surface area contributed by atoms with Crippen molar-refractivity contribution in [2.75, 3.05) is 12.3 Å². The quantitative estimate of drug-likeness (QED) is 0.683. The van der Waals surface area contributed by atoms with Crippen molar-refractivity contribution in [2.24, 2.45) is 5.92 Å². The second kappa shape index (κ2) is 8.76. The highest BCUT2D eigenvalue weighted by Gasteiger charge is 2.22. The summed E-state index contributed by atoms with van der Waals surface area (Å²) >= 11 is 3.37. The molecule has 6 heteroatoms. The van der Waals surface area contributed by atoms with Crippen molar-refractivity contribution in [1.82, 2.24) is 10.3 Å². The number of hydrogen-bond donors (Lipinski definition) is 2. The van der Waals surface area contributed by atoms with E-state index in [0.717, 1.165) is 22.2 Å². The van der Waals surface area contributed by atoms with Gasteiger partial charge in [-0.1, -0.05) is 13.8 Å². The number of aryl methyl sites for hydroxylation is 1. The molecule has 1 rings (SSSR count). The molecule has 0 aromatic carbocycles. The highest BCUT2D eigenvalue weighted by atomic mass is 32.2. The van der Waals surface area contributed by atoms with Gasteiger partial charge in [0.15, 0.2) is 0 Å². The predicted molar refractivity (Wildman–Crippen MR) is 90.7 cm³/mol. The Kier molecular flexibility index (Phi) is 7.70. The molecule has 1 amide bonds. The van der Waals surface area contributed by atoms with E-state index in [0.29, 0.717) is 25.3 Å². The lowest BCUT2D eigenvalue weighted by atomic mass is 9.94. The number of aromatic nitrogens is 1. The third-order valence-electron chi connectivity index (χ3n) is 2.90. The molecule has 0 aliphatic rings. The van der Waals surface area contributed by atoms with Crippen LogP contribution in [0, 0.1) is 12.8 Å². The molecule has 0 fully saturated rings. The Morgan fingerprint density at radius 2 is 2.29 bits per heavy atom. The van der Waals surface area contributed by atoms with Crippen LogP contribution >= 0.6 is 23.1 Å². The fourth-order valence-corrected chi connectivity index (χ4v) is 3.69. The number of nitrogens with one attached hydrogen (secondary N) is 1. The summed E-state index contributed by atoms with van der Waals surface area (Å²) in [5.41, 5.74) is 0.262. The van der Waals surface area contributed by atoms with Gasteiger partial charge >= 0.3 is 0 Å². The first kappa shape index (κ1) is 18.5. The normalized spacial score (nSPS) is 14.2. The van der Waals surface area contributed by atoms with Crippen molar-refractivity contribution >= 4 is 29.0 Å². The van der Waals surface area contributed by atoms with E-state index < -0.39 is 5.60 Å². The van der Waals surface area contributed by atoms with E-state index >= 15 is 0 Å². The number of rotatable bonds is 9. The molecule has 120 valence electrons. The van der Waals surface area contributed by atoms with Gasteiger partial charge in [0.25, 0.3) is 0 Å². The monoisotopic (exact) mass is 330 g/mol. The topological polar surface area (TPSA) is 62.2 Å². The van der Waals surface area contributed by atoms with Crippen LogP contribution in [0.3, 0.4) is 0 Å². The molecule has 0 radical (unpaired) electrons. The van der Waals surface area contributed by atoms with Crippen LogP contribution in [0.1, 0.15) is 44.3 Å². The summed E-state index contributed by atoms with van der Waals surface area (Å²) in [7, 11) is 0. The average Bonchev–Trinajstić information content (AvgIpc) is 2.77. The Balaban J connectivity index is 2.13. The van der Waals surface area contributed by atoms with Gasteiger partial charge in [-0.05, 0) is 26.2 Å². The molecule has 1 aromatic rings. The maximum atomic E-state index is 11.7. The van der Waals surface area contributed by atoms with Crippen LogP contribution in [0.15, 0.2) is 5.38 Å². The fraction of sp³-hybridized carbons (Fsp3) is 0.733. The zero-order chi connectivity index (χ0) is 15.9. The molecule has 1 heterocycles. The van der Waals surface area contributed by atoms with Gasteiger partial charge in [-0.15, -0.1) is 11.3 Å². The van der Waals surface area contributed by atoms with Crippen LogP contribution in [0.25, 0.3) is 0 Å². The van der Waals surface area contributed by atoms with Gasteiger partial charge in [0.2, 0.25) is 5.91 Å². The lowest BCUT2D eigenvalue weighted by molar-refractivity contribution is -0.121. The Labute approximate surface area is 135 Å². The van der Waals surface area contributed by atoms with Crippen molar-refractivity contribution in [3.63, 3.8) is 0 Å². The number of nitrogens with zero attached hydrogens (tertiary/aromatic N) is 1. The third-order valence-corrected chi connectivity index (χ3v) is 4.72. The van der Waals surface area contributed by atoms with E-state index in [9.17, 15) is 9.90 Å². The van der Waals surface area contributed by atoms with Gasteiger partial charge in [-0.2, -0.15) is 11.8 Å². The molecule has 1 unspecified atom stereocenters. The summed E-state index contributed by atoms with van der Waals surface area (Å²) < 4.78 is 0. The number of carbonyl (C=O) groups excluding carboxylic acids is 1. The van der Waals surface area contributed by atoms with Crippen LogP contribution in [-0.4, -0.2) is 33.9 Å². The Morgan fingerprint density at radius 3 is 2.86 bits per heavy atom. The first-order valence-corrected chi connectivity index (χ1v) is 9.30. The van der Waals surface area contributed by atoms with E-state index in [4.69, 9.17) is 0 Å². The van der Waals surface area contributed by atoms with Gasteiger partial charge in [0.05, 0.1) is 16.3 Å². The van der Waals surface area contributed by atoms with Crippen LogP contribution in [-0.2, 0) is 10.5 Å². The van der Waals surface area contributed by atoms with Gasteiger partial charge in [0, 0.05) is 29.9 Å². The van der Waals surface area contributed by atoms with Crippen LogP contribution < -0.4 is 5.32 Å². The molecule has 1 aromatic heterocycles. The molecular formula is C15H26N2O2S2. The molecule has 21 heavy (non-hydrogen) atoms. The summed E-state index contributed by atoms with van der Waals surface area (Å²) in [5, 5.41) is 16.1. The second-order valence-corrected chi connectivity index (χ2v) is 8.20. The maximum Gasteiger partial charge on any atom is 0.220 e. The Hall–Kier alpha value is -0.590. The Morgan fingerprint density at radius 1 is 1.57 bits per heavy atom. The number of aliphatic hydroxyl groups is 1. The highest BCUT2D eigenvalue weighted by Crippen LogP contribution is 2.16. The minimum Gasteiger partial charge on any atom is -0.388 e. The molecule has 0 saturated carbocycles. The van der Waals surface area contributed by atoms with Crippen LogP contribution in [0.4, 0.5) is 0 Å². The zero-order valence-corrected chi connectivity index (χ0v) is 14.9. The molecule has 0 saturated heterocycles. The number of thioether (sulfide) groups is 1. The smallest absolute Gasteiger partial charge is 0.220 e. The molecule has 0 aliphatic carbocycles. The molecular weight excluding hydrogens is 304 g/mol. The number of thiazole rings is 1. The van der Waals surface area contributed by atoms with E-state index in [1.807, 2.05) is 6.92 Å². The largest absolute Gasteiger partial charge is 0.388 e. The van der Waals surface area contributed by atoms with E-state index in [2.05, 4.69) is 29.5 Å². The van der Waals surface area contributed by atoms with Crippen LogP contribution in [0.5, 0.6) is 0 Å². The Bertz CT molecular complexity index is 445. The summed E-state index contributed by atoms with van der Waals surface area (Å²) in [4.78, 5) is 16.1. The van der Waals surface area contributed by atoms with Crippen molar-refractivity contribution < 1.29 is 9.90 Å². The molecule has 1 atom stereocenters. The fourth-order valence-electron chi connectivity index (χ4n) is 2.15. The molecule has 0 aliphatic heterocycles. The first-order chi connectivity index (χ1) is 9.78. The minimum atomic E-state index is -0.824. The highest BCUT2D eigenvalue weighted by molar-refractivity contribution is 7.98. The maximum absolute atomic E-state index is 11.7. The van der Waals surface area contributed by atoms with Gasteiger partial charge in [-0.3, -0.25) is 4.79 Å². The van der Waals surface area contributed by atoms with Crippen molar-refractivity contribution in [3.8, 4) is 0 Å². The third kappa shape index (κ3) is 8.44. The van der Waals surface area contributed by atoms with Gasteiger partial charge in [0.1, 0.15) is 0 Å². The standard InChI is InChI=1S/C15H26N2O2S2/c1-11(2)7-15(4,19)10-16-14(18)5-6-20-8-13-9-21-12(3)17-13/h9,11,19H,5-8,10H2,1-4H3,(H,16,18). The summed E-state index contributed by atoms with van der Waals surface area (Å²) in [6.07, 6.45) is 1.16. The predicted octanol–water partition coefficient (Wildman–Crippen LogP) is 2.99. The van der Waals surface area contributed by atoms with E-state index in [1.54, 1.807) is 30.0 Å². The van der Waals surface area contributed by atoms with Crippen molar-refractivity contribution in [3.05, 3.63) is 16.1 Å². The first-order valence-electron chi connectivity index (χ1n) is 7.26. The number of amides is 1. The van der Waals surface area contributed by atoms with Crippen LogP contribution in [0.2, 0.25) is 0 Å². The van der Waals surface area contributed by atoms with E-state index in [1.165, 1.54) is 0 Å².